The number of nitrogens with one attached hydrogen (secondary N) is 2. The number of hydrogen-bond acceptors (Lipinski definition) is 7. The van der Waals surface area contributed by atoms with E-state index in [1.807, 2.05) is 35.9 Å². The molecule has 3 amide bonds. The third kappa shape index (κ3) is 4.69. The number of hydrogen-bond donors (Lipinski definition) is 2. The quantitative estimate of drug-likeness (QED) is 0.368. The van der Waals surface area contributed by atoms with E-state index in [0.29, 0.717) is 34.9 Å². The number of rotatable bonds is 8. The van der Waals surface area contributed by atoms with E-state index in [0.717, 1.165) is 11.5 Å². The van der Waals surface area contributed by atoms with Crippen molar-refractivity contribution in [2.24, 2.45) is 0 Å². The molecule has 0 fully saturated rings. The van der Waals surface area contributed by atoms with Crippen molar-refractivity contribution in [3.05, 3.63) is 90.3 Å². The molecule has 10 nitrogen and oxygen atoms in total. The first-order valence-electron chi connectivity index (χ1n) is 11.4. The van der Waals surface area contributed by atoms with Crippen LogP contribution in [-0.4, -0.2) is 48.7 Å². The summed E-state index contributed by atoms with van der Waals surface area (Å²) < 4.78 is 1.86. The zero-order chi connectivity index (χ0) is 25.1. The standard InChI is InChI=1S/C26H23N7O3/c1-17-27-12-14-32(17)23-15-22(28-16-29-23)30-18-8-10-19(11-9-18)31-24(34)7-4-13-33-25(35)20-5-2-3-6-21(20)26(33)36/h2-3,5-6,8-12,14-16H,4,7,13H2,1H3,(H,31,34)(H,28,29,30). The number of aromatic nitrogens is 4. The molecular formula is C26H23N7O3. The van der Waals surface area contributed by atoms with Crippen LogP contribution in [0.2, 0.25) is 0 Å². The van der Waals surface area contributed by atoms with E-state index >= 15 is 0 Å². The number of benzene rings is 2. The fourth-order valence-electron chi connectivity index (χ4n) is 4.02. The lowest BCUT2D eigenvalue weighted by Gasteiger charge is -2.13. The lowest BCUT2D eigenvalue weighted by atomic mass is 10.1. The normalized spacial score (nSPS) is 12.5. The maximum Gasteiger partial charge on any atom is 0.261 e. The second-order valence-electron chi connectivity index (χ2n) is 8.27. The largest absolute Gasteiger partial charge is 0.340 e. The summed E-state index contributed by atoms with van der Waals surface area (Å²) in [4.78, 5) is 51.2. The van der Waals surface area contributed by atoms with Gasteiger partial charge < -0.3 is 10.6 Å². The van der Waals surface area contributed by atoms with Gasteiger partial charge in [0.2, 0.25) is 5.91 Å². The van der Waals surface area contributed by atoms with Crippen molar-refractivity contribution in [1.29, 1.82) is 0 Å². The van der Waals surface area contributed by atoms with Crippen LogP contribution in [0.15, 0.2) is 73.3 Å². The number of imide groups is 1. The van der Waals surface area contributed by atoms with Crippen LogP contribution in [-0.2, 0) is 4.79 Å². The van der Waals surface area contributed by atoms with Crippen LogP contribution < -0.4 is 10.6 Å². The second kappa shape index (κ2) is 9.79. The molecule has 1 aliphatic heterocycles. The van der Waals surface area contributed by atoms with Gasteiger partial charge in [0.05, 0.1) is 11.1 Å². The third-order valence-electron chi connectivity index (χ3n) is 5.83. The highest BCUT2D eigenvalue weighted by molar-refractivity contribution is 6.21. The molecular weight excluding hydrogens is 458 g/mol. The van der Waals surface area contributed by atoms with Gasteiger partial charge in [-0.2, -0.15) is 0 Å². The Morgan fingerprint density at radius 2 is 1.61 bits per heavy atom. The van der Waals surface area contributed by atoms with Crippen LogP contribution in [0.1, 0.15) is 39.4 Å². The summed E-state index contributed by atoms with van der Waals surface area (Å²) in [6, 6.07) is 15.8. The SMILES string of the molecule is Cc1nccn1-c1cc(Nc2ccc(NC(=O)CCCN3C(=O)c4ccccc4C3=O)cc2)ncn1. The summed E-state index contributed by atoms with van der Waals surface area (Å²) in [7, 11) is 0. The first-order chi connectivity index (χ1) is 17.5. The fraction of sp³-hybridized carbons (Fsp3) is 0.154. The van der Waals surface area contributed by atoms with Crippen LogP contribution in [0, 0.1) is 6.92 Å². The summed E-state index contributed by atoms with van der Waals surface area (Å²) in [5.74, 6) is 1.34. The molecule has 0 saturated carbocycles. The number of carbonyl (C=O) groups excluding carboxylic acids is 3. The molecule has 0 bridgehead atoms. The van der Waals surface area contributed by atoms with E-state index in [2.05, 4.69) is 25.6 Å². The molecule has 180 valence electrons. The van der Waals surface area contributed by atoms with Crippen molar-refractivity contribution >= 4 is 34.9 Å². The summed E-state index contributed by atoms with van der Waals surface area (Å²) >= 11 is 0. The lowest BCUT2D eigenvalue weighted by Crippen LogP contribution is -2.31. The van der Waals surface area contributed by atoms with Gasteiger partial charge in [-0.1, -0.05) is 12.1 Å². The number of imidazole rings is 1. The summed E-state index contributed by atoms with van der Waals surface area (Å²) in [6.07, 6.45) is 5.59. The number of carbonyl (C=O) groups is 3. The van der Waals surface area contributed by atoms with Gasteiger partial charge in [-0.05, 0) is 49.7 Å². The van der Waals surface area contributed by atoms with E-state index < -0.39 is 0 Å². The molecule has 2 N–H and O–H groups in total. The van der Waals surface area contributed by atoms with Gasteiger partial charge in [-0.3, -0.25) is 23.9 Å². The maximum absolute atomic E-state index is 12.4. The van der Waals surface area contributed by atoms with Crippen LogP contribution in [0.3, 0.4) is 0 Å². The first-order valence-corrected chi connectivity index (χ1v) is 11.4. The molecule has 2 aromatic carbocycles. The third-order valence-corrected chi connectivity index (χ3v) is 5.83. The molecule has 2 aromatic heterocycles. The monoisotopic (exact) mass is 481 g/mol. The Hall–Kier alpha value is -4.86. The highest BCUT2D eigenvalue weighted by atomic mass is 16.2. The van der Waals surface area contributed by atoms with Gasteiger partial charge in [0.1, 0.15) is 23.8 Å². The van der Waals surface area contributed by atoms with Crippen LogP contribution >= 0.6 is 0 Å². The fourth-order valence-corrected chi connectivity index (χ4v) is 4.02. The van der Waals surface area contributed by atoms with Gasteiger partial charge in [0.25, 0.3) is 11.8 Å². The molecule has 1 aliphatic rings. The van der Waals surface area contributed by atoms with Crippen LogP contribution in [0.25, 0.3) is 5.82 Å². The molecule has 0 aliphatic carbocycles. The molecule has 5 rings (SSSR count). The number of anilines is 3. The van der Waals surface area contributed by atoms with Crippen molar-refractivity contribution in [3.63, 3.8) is 0 Å². The highest BCUT2D eigenvalue weighted by Gasteiger charge is 2.34. The number of amides is 3. The molecule has 0 unspecified atom stereocenters. The van der Waals surface area contributed by atoms with Crippen LogP contribution in [0.5, 0.6) is 0 Å². The van der Waals surface area contributed by atoms with Crippen molar-refractivity contribution in [3.8, 4) is 5.82 Å². The van der Waals surface area contributed by atoms with Gasteiger partial charge in [-0.15, -0.1) is 0 Å². The minimum atomic E-state index is -0.310. The van der Waals surface area contributed by atoms with E-state index in [1.54, 1.807) is 42.6 Å². The van der Waals surface area contributed by atoms with E-state index in [4.69, 9.17) is 0 Å². The highest BCUT2D eigenvalue weighted by Crippen LogP contribution is 2.23. The summed E-state index contributed by atoms with van der Waals surface area (Å²) in [6.45, 7) is 2.09. The van der Waals surface area contributed by atoms with Crippen molar-refractivity contribution in [2.75, 3.05) is 17.2 Å². The van der Waals surface area contributed by atoms with E-state index in [1.165, 1.54) is 11.2 Å². The molecule has 0 spiro atoms. The molecule has 10 heteroatoms. The van der Waals surface area contributed by atoms with Gasteiger partial charge in [0, 0.05) is 42.8 Å². The zero-order valence-corrected chi connectivity index (χ0v) is 19.5. The van der Waals surface area contributed by atoms with Crippen LogP contribution in [0.4, 0.5) is 17.2 Å². The first kappa shape index (κ1) is 22.9. The maximum atomic E-state index is 12.4. The van der Waals surface area contributed by atoms with E-state index in [-0.39, 0.29) is 30.7 Å². The molecule has 36 heavy (non-hydrogen) atoms. The second-order valence-corrected chi connectivity index (χ2v) is 8.27. The molecule has 3 heterocycles. The van der Waals surface area contributed by atoms with E-state index in [9.17, 15) is 14.4 Å². The molecule has 0 saturated heterocycles. The summed E-state index contributed by atoms with van der Waals surface area (Å²) in [5, 5.41) is 6.06. The topological polar surface area (TPSA) is 122 Å². The Bertz CT molecular complexity index is 1410. The predicted molar refractivity (Wildman–Crippen MR) is 133 cm³/mol. The number of nitrogens with zero attached hydrogens (tertiary/aromatic N) is 5. The Morgan fingerprint density at radius 1 is 0.917 bits per heavy atom. The van der Waals surface area contributed by atoms with Gasteiger partial charge in [-0.25, -0.2) is 15.0 Å². The van der Waals surface area contributed by atoms with Gasteiger partial charge in [0.15, 0.2) is 0 Å². The molecule has 0 atom stereocenters. The lowest BCUT2D eigenvalue weighted by molar-refractivity contribution is -0.116. The predicted octanol–water partition coefficient (Wildman–Crippen LogP) is 3.73. The Morgan fingerprint density at radius 3 is 2.28 bits per heavy atom. The average Bonchev–Trinajstić information content (AvgIpc) is 3.42. The molecule has 0 radical (unpaired) electrons. The van der Waals surface area contributed by atoms with Crippen molar-refractivity contribution < 1.29 is 14.4 Å². The van der Waals surface area contributed by atoms with Crippen molar-refractivity contribution in [1.82, 2.24) is 24.4 Å². The number of fused-ring (bicyclic) bond motifs is 1. The smallest absolute Gasteiger partial charge is 0.261 e. The van der Waals surface area contributed by atoms with Crippen molar-refractivity contribution in [2.45, 2.75) is 19.8 Å². The average molecular weight is 482 g/mol. The Balaban J connectivity index is 1.12. The summed E-state index contributed by atoms with van der Waals surface area (Å²) in [5.41, 5.74) is 2.26. The molecule has 4 aromatic rings. The van der Waals surface area contributed by atoms with Gasteiger partial charge >= 0.3 is 0 Å². The zero-order valence-electron chi connectivity index (χ0n) is 19.5. The minimum Gasteiger partial charge on any atom is -0.340 e. The minimum absolute atomic E-state index is 0.185. The Labute approximate surface area is 207 Å². The Kier molecular flexibility index (Phi) is 6.23. The number of aryl methyl sites for hydroxylation is 1.